The van der Waals surface area contributed by atoms with E-state index in [2.05, 4.69) is 0 Å². The molecule has 1 aromatic rings. The second kappa shape index (κ2) is 4.22. The molecule has 0 heterocycles. The highest BCUT2D eigenvalue weighted by Crippen LogP contribution is 2.26. The summed E-state index contributed by atoms with van der Waals surface area (Å²) in [5.74, 6) is 0. The highest BCUT2D eigenvalue weighted by atomic mass is 127. The second-order valence-electron chi connectivity index (χ2n) is 2.65. The Morgan fingerprint density at radius 2 is 2.14 bits per heavy atom. The average molecular weight is 325 g/mol. The molecule has 74 valence electrons. The Morgan fingerprint density at radius 3 is 2.50 bits per heavy atom. The van der Waals surface area contributed by atoms with E-state index in [4.69, 9.17) is 11.6 Å². The van der Waals surface area contributed by atoms with Crippen molar-refractivity contribution in [2.45, 2.75) is 6.92 Å². The molecule has 14 heavy (non-hydrogen) atoms. The lowest BCUT2D eigenvalue weighted by Crippen LogP contribution is -1.98. The van der Waals surface area contributed by atoms with E-state index in [0.717, 1.165) is 0 Å². The summed E-state index contributed by atoms with van der Waals surface area (Å²) >= 11 is 7.07. The van der Waals surface area contributed by atoms with E-state index in [1.54, 1.807) is 6.92 Å². The minimum absolute atomic E-state index is 0.0206. The molecule has 4 nitrogen and oxygen atoms in total. The van der Waals surface area contributed by atoms with E-state index in [1.807, 2.05) is 22.6 Å². The lowest BCUT2D eigenvalue weighted by Gasteiger charge is -2.01. The fraction of sp³-hybridized carbons (Fsp3) is 0.125. The summed E-state index contributed by atoms with van der Waals surface area (Å²) in [5, 5.41) is 10.00. The van der Waals surface area contributed by atoms with Crippen LogP contribution in [-0.2, 0) is 0 Å². The summed E-state index contributed by atoms with van der Waals surface area (Å²) < 4.78 is 0.414. The predicted octanol–water partition coefficient (Wildman–Crippen LogP) is 2.89. The van der Waals surface area contributed by atoms with Crippen LogP contribution in [0, 0.1) is 20.6 Å². The van der Waals surface area contributed by atoms with Crippen LogP contribution in [-0.4, -0.2) is 10.2 Å². The fourth-order valence-electron chi connectivity index (χ4n) is 1.08. The SMILES string of the molecule is Cc1cc(C(=O)Cl)cc(I)c1[N+](=O)[O-]. The largest absolute Gasteiger partial charge is 0.285 e. The van der Waals surface area contributed by atoms with Crippen molar-refractivity contribution in [1.29, 1.82) is 0 Å². The monoisotopic (exact) mass is 325 g/mol. The van der Waals surface area contributed by atoms with Crippen molar-refractivity contribution in [2.24, 2.45) is 0 Å². The third kappa shape index (κ3) is 2.21. The summed E-state index contributed by atoms with van der Waals surface area (Å²) in [6, 6.07) is 2.82. The topological polar surface area (TPSA) is 60.2 Å². The maximum atomic E-state index is 10.8. The molecule has 0 N–H and O–H groups in total. The van der Waals surface area contributed by atoms with Gasteiger partial charge in [-0.2, -0.15) is 0 Å². The molecule has 0 aliphatic rings. The first kappa shape index (κ1) is 11.4. The second-order valence-corrected chi connectivity index (χ2v) is 4.16. The average Bonchev–Trinajstić information content (AvgIpc) is 2.01. The summed E-state index contributed by atoms with van der Waals surface area (Å²) in [6.07, 6.45) is 0. The lowest BCUT2D eigenvalue weighted by atomic mass is 10.1. The normalized spacial score (nSPS) is 9.93. The number of nitro groups is 1. The number of nitrogens with zero attached hydrogens (tertiary/aromatic N) is 1. The molecule has 0 aromatic heterocycles. The van der Waals surface area contributed by atoms with Crippen molar-refractivity contribution in [3.63, 3.8) is 0 Å². The Kier molecular flexibility index (Phi) is 3.43. The van der Waals surface area contributed by atoms with Gasteiger partial charge in [0, 0.05) is 11.1 Å². The van der Waals surface area contributed by atoms with Gasteiger partial charge in [0.05, 0.1) is 8.49 Å². The third-order valence-corrected chi connectivity index (χ3v) is 2.70. The number of hydrogen-bond donors (Lipinski definition) is 0. The standard InChI is InChI=1S/C8H5ClINO3/c1-4-2-5(8(9)12)3-6(10)7(4)11(13)14/h2-3H,1H3. The van der Waals surface area contributed by atoms with Crippen LogP contribution in [0.15, 0.2) is 12.1 Å². The van der Waals surface area contributed by atoms with Gasteiger partial charge >= 0.3 is 0 Å². The minimum atomic E-state index is -0.610. The van der Waals surface area contributed by atoms with Gasteiger partial charge < -0.3 is 0 Å². The van der Waals surface area contributed by atoms with E-state index in [1.165, 1.54) is 12.1 Å². The number of rotatable bonds is 2. The number of nitro benzene ring substituents is 1. The maximum Gasteiger partial charge on any atom is 0.285 e. The molecule has 0 spiro atoms. The van der Waals surface area contributed by atoms with Gasteiger partial charge in [-0.05, 0) is 53.2 Å². The number of benzene rings is 1. The molecular formula is C8H5ClINO3. The molecule has 0 aliphatic heterocycles. The first-order valence-electron chi connectivity index (χ1n) is 3.58. The Balaban J connectivity index is 3.39. The van der Waals surface area contributed by atoms with Gasteiger partial charge in [0.2, 0.25) is 0 Å². The zero-order valence-electron chi connectivity index (χ0n) is 7.08. The first-order chi connectivity index (χ1) is 6.43. The molecule has 0 fully saturated rings. The highest BCUT2D eigenvalue weighted by molar-refractivity contribution is 14.1. The number of halogens is 2. The number of aryl methyl sites for hydroxylation is 1. The van der Waals surface area contributed by atoms with Crippen molar-refractivity contribution in [2.75, 3.05) is 0 Å². The van der Waals surface area contributed by atoms with Crippen LogP contribution in [0.2, 0.25) is 0 Å². The zero-order valence-corrected chi connectivity index (χ0v) is 10.00. The van der Waals surface area contributed by atoms with E-state index in [0.29, 0.717) is 9.13 Å². The first-order valence-corrected chi connectivity index (χ1v) is 5.03. The third-order valence-electron chi connectivity index (χ3n) is 1.66. The summed E-state index contributed by atoms with van der Waals surface area (Å²) in [5.41, 5.74) is 0.734. The number of carbonyl (C=O) groups excluding carboxylic acids is 1. The quantitative estimate of drug-likeness (QED) is 0.363. The number of carbonyl (C=O) groups is 1. The predicted molar refractivity (Wildman–Crippen MR) is 60.7 cm³/mol. The molecule has 0 amide bonds. The van der Waals surface area contributed by atoms with Gasteiger partial charge in [-0.15, -0.1) is 0 Å². The van der Waals surface area contributed by atoms with Gasteiger partial charge in [-0.3, -0.25) is 14.9 Å². The molecule has 6 heteroatoms. The lowest BCUT2D eigenvalue weighted by molar-refractivity contribution is -0.386. The smallest absolute Gasteiger partial charge is 0.276 e. The molecule has 0 radical (unpaired) electrons. The van der Waals surface area contributed by atoms with E-state index in [-0.39, 0.29) is 11.3 Å². The molecule has 0 unspecified atom stereocenters. The molecule has 1 aromatic carbocycles. The summed E-state index contributed by atoms with van der Waals surface area (Å²) in [6.45, 7) is 1.57. The van der Waals surface area contributed by atoms with Crippen LogP contribution in [0.5, 0.6) is 0 Å². The van der Waals surface area contributed by atoms with E-state index < -0.39 is 10.2 Å². The fourth-order valence-corrected chi connectivity index (χ4v) is 2.15. The van der Waals surface area contributed by atoms with Crippen molar-refractivity contribution in [3.8, 4) is 0 Å². The van der Waals surface area contributed by atoms with Crippen molar-refractivity contribution in [1.82, 2.24) is 0 Å². The molecule has 0 saturated heterocycles. The van der Waals surface area contributed by atoms with Gasteiger partial charge in [0.25, 0.3) is 10.9 Å². The Labute approximate surface area is 98.5 Å². The summed E-state index contributed by atoms with van der Waals surface area (Å²) in [4.78, 5) is 21.0. The van der Waals surface area contributed by atoms with E-state index >= 15 is 0 Å². The number of hydrogen-bond acceptors (Lipinski definition) is 3. The van der Waals surface area contributed by atoms with Crippen molar-refractivity contribution < 1.29 is 9.72 Å². The van der Waals surface area contributed by atoms with Gasteiger partial charge in [0.15, 0.2) is 0 Å². The summed E-state index contributed by atoms with van der Waals surface area (Å²) in [7, 11) is 0. The van der Waals surface area contributed by atoms with E-state index in [9.17, 15) is 14.9 Å². The van der Waals surface area contributed by atoms with Crippen LogP contribution in [0.1, 0.15) is 15.9 Å². The highest BCUT2D eigenvalue weighted by Gasteiger charge is 2.18. The van der Waals surface area contributed by atoms with Crippen LogP contribution >= 0.6 is 34.2 Å². The minimum Gasteiger partial charge on any atom is -0.276 e. The molecule has 0 atom stereocenters. The van der Waals surface area contributed by atoms with Crippen LogP contribution < -0.4 is 0 Å². The molecule has 0 saturated carbocycles. The molecule has 0 bridgehead atoms. The van der Waals surface area contributed by atoms with Crippen LogP contribution in [0.4, 0.5) is 5.69 Å². The Bertz CT molecular complexity index is 396. The Hall–Kier alpha value is -0.690. The Morgan fingerprint density at radius 1 is 1.57 bits per heavy atom. The van der Waals surface area contributed by atoms with Crippen LogP contribution in [0.3, 0.4) is 0 Å². The maximum absolute atomic E-state index is 10.8. The molecular weight excluding hydrogens is 320 g/mol. The van der Waals surface area contributed by atoms with Gasteiger partial charge in [-0.25, -0.2) is 0 Å². The molecule has 1 rings (SSSR count). The van der Waals surface area contributed by atoms with Crippen molar-refractivity contribution in [3.05, 3.63) is 36.9 Å². The van der Waals surface area contributed by atoms with Crippen LogP contribution in [0.25, 0.3) is 0 Å². The van der Waals surface area contributed by atoms with Gasteiger partial charge in [0.1, 0.15) is 0 Å². The van der Waals surface area contributed by atoms with Gasteiger partial charge in [-0.1, -0.05) is 0 Å². The zero-order chi connectivity index (χ0) is 10.9. The van der Waals surface area contributed by atoms with Crippen molar-refractivity contribution >= 4 is 45.1 Å². The molecule has 0 aliphatic carbocycles.